The molecule has 0 heterocycles. The lowest BCUT2D eigenvalue weighted by atomic mass is 10.3. The summed E-state index contributed by atoms with van der Waals surface area (Å²) >= 11 is 11.1. The molecule has 1 N–H and O–H groups in total. The summed E-state index contributed by atoms with van der Waals surface area (Å²) in [6.45, 7) is 1.55. The van der Waals surface area contributed by atoms with Crippen molar-refractivity contribution in [1.29, 1.82) is 0 Å². The van der Waals surface area contributed by atoms with Gasteiger partial charge in [0, 0.05) is 28.9 Å². The highest BCUT2D eigenvalue weighted by atomic mass is 35.5. The fraction of sp³-hybridized carbons (Fsp3) is 0.400. The molecule has 0 aliphatic rings. The molecule has 9 heteroatoms. The first kappa shape index (κ1) is 16.8. The Morgan fingerprint density at radius 3 is 2.53 bits per heavy atom. The summed E-state index contributed by atoms with van der Waals surface area (Å²) in [7, 11) is -5.15. The minimum atomic E-state index is -3.99. The van der Waals surface area contributed by atoms with Crippen LogP contribution in [-0.2, 0) is 20.8 Å². The Labute approximate surface area is 123 Å². The van der Waals surface area contributed by atoms with Crippen molar-refractivity contribution in [3.63, 3.8) is 0 Å². The van der Waals surface area contributed by atoms with E-state index in [2.05, 4.69) is 4.72 Å². The molecule has 0 bridgehead atoms. The highest BCUT2D eigenvalue weighted by molar-refractivity contribution is 7.89. The van der Waals surface area contributed by atoms with E-state index in [0.29, 0.717) is 0 Å². The Kier molecular flexibility index (Phi) is 5.76. The van der Waals surface area contributed by atoms with Crippen LogP contribution < -0.4 is 4.72 Å². The number of nitrogens with one attached hydrogen (secondary N) is 1. The van der Waals surface area contributed by atoms with Gasteiger partial charge >= 0.3 is 0 Å². The van der Waals surface area contributed by atoms with Gasteiger partial charge in [0.25, 0.3) is 0 Å². The lowest BCUT2D eigenvalue weighted by molar-refractivity contribution is 0.567. The van der Waals surface area contributed by atoms with Crippen molar-refractivity contribution in [1.82, 2.24) is 4.72 Å². The van der Waals surface area contributed by atoms with Crippen molar-refractivity contribution in [3.8, 4) is 0 Å². The quantitative estimate of drug-likeness (QED) is 0.830. The number of halogens is 3. The van der Waals surface area contributed by atoms with Gasteiger partial charge in [-0.05, 0) is 19.1 Å². The molecule has 1 aromatic carbocycles. The van der Waals surface area contributed by atoms with Gasteiger partial charge in [-0.25, -0.2) is 17.5 Å². The van der Waals surface area contributed by atoms with Crippen LogP contribution in [0.1, 0.15) is 6.92 Å². The number of benzene rings is 1. The summed E-state index contributed by atoms with van der Waals surface area (Å²) in [6.07, 6.45) is 1.46. The van der Waals surface area contributed by atoms with Crippen molar-refractivity contribution in [3.05, 3.63) is 28.0 Å². The van der Waals surface area contributed by atoms with Crippen molar-refractivity contribution >= 4 is 44.0 Å². The zero-order chi connectivity index (χ0) is 14.8. The summed E-state index contributed by atoms with van der Waals surface area (Å²) in [6, 6.07) is 1.66. The van der Waals surface area contributed by atoms with Gasteiger partial charge in [-0.1, -0.05) is 23.2 Å². The average molecular weight is 348 g/mol. The number of rotatable bonds is 5. The number of hydrogen-bond acceptors (Lipinski definition) is 3. The first-order chi connectivity index (χ1) is 8.65. The molecule has 0 fully saturated rings. The molecule has 4 nitrogen and oxygen atoms in total. The molecule has 0 saturated carbocycles. The Morgan fingerprint density at radius 2 is 2.00 bits per heavy atom. The molecule has 0 aromatic heterocycles. The van der Waals surface area contributed by atoms with E-state index in [1.807, 2.05) is 0 Å². The Bertz CT molecular complexity index is 607. The molecule has 0 amide bonds. The smallest absolute Gasteiger partial charge is 0.242 e. The van der Waals surface area contributed by atoms with Crippen molar-refractivity contribution in [2.75, 3.05) is 12.0 Å². The summed E-state index contributed by atoms with van der Waals surface area (Å²) in [5.41, 5.74) is 0. The highest BCUT2D eigenvalue weighted by Crippen LogP contribution is 2.29. The molecule has 19 heavy (non-hydrogen) atoms. The van der Waals surface area contributed by atoms with Crippen LogP contribution in [0.2, 0.25) is 10.0 Å². The van der Waals surface area contributed by atoms with Gasteiger partial charge in [-0.2, -0.15) is 0 Å². The summed E-state index contributed by atoms with van der Waals surface area (Å²) < 4.78 is 50.8. The molecule has 0 aliphatic carbocycles. The minimum Gasteiger partial charge on any atom is -0.260 e. The van der Waals surface area contributed by atoms with Crippen LogP contribution >= 0.6 is 23.2 Å². The first-order valence-corrected chi connectivity index (χ1v) is 9.07. The Morgan fingerprint density at radius 1 is 1.42 bits per heavy atom. The molecule has 2 atom stereocenters. The molecule has 0 radical (unpaired) electrons. The van der Waals surface area contributed by atoms with E-state index in [1.165, 1.54) is 6.26 Å². The topological polar surface area (TPSA) is 63.2 Å². The molecule has 108 valence electrons. The second kappa shape index (κ2) is 6.49. The molecule has 1 aromatic rings. The van der Waals surface area contributed by atoms with E-state index in [4.69, 9.17) is 23.2 Å². The van der Waals surface area contributed by atoms with E-state index in [-0.39, 0.29) is 10.8 Å². The van der Waals surface area contributed by atoms with Gasteiger partial charge < -0.3 is 0 Å². The summed E-state index contributed by atoms with van der Waals surface area (Å²) in [5, 5.41) is -0.823. The molecular formula is C10H12Cl2FNO3S2. The SMILES string of the molecule is C[C@@H](C[S@@](C)=O)NS(=O)(=O)c1ccc(Cl)c(F)c1Cl. The normalized spacial score (nSPS) is 15.2. The van der Waals surface area contributed by atoms with Gasteiger partial charge in [0.2, 0.25) is 10.0 Å². The molecule has 0 saturated heterocycles. The molecule has 1 rings (SSSR count). The van der Waals surface area contributed by atoms with Crippen LogP contribution in [0.3, 0.4) is 0 Å². The van der Waals surface area contributed by atoms with Crippen LogP contribution in [0.25, 0.3) is 0 Å². The fourth-order valence-electron chi connectivity index (χ4n) is 1.43. The predicted molar refractivity (Wildman–Crippen MR) is 75.1 cm³/mol. The van der Waals surface area contributed by atoms with Crippen molar-refractivity contribution in [2.45, 2.75) is 17.9 Å². The van der Waals surface area contributed by atoms with Crippen molar-refractivity contribution in [2.24, 2.45) is 0 Å². The lowest BCUT2D eigenvalue weighted by Gasteiger charge is -2.14. The maximum Gasteiger partial charge on any atom is 0.242 e. The predicted octanol–water partition coefficient (Wildman–Crippen LogP) is 2.18. The summed E-state index contributed by atoms with van der Waals surface area (Å²) in [4.78, 5) is -0.398. The third-order valence-corrected chi connectivity index (χ3v) is 5.51. The average Bonchev–Trinajstić information content (AvgIpc) is 2.23. The fourth-order valence-corrected chi connectivity index (χ4v) is 4.31. The molecule has 0 aliphatic heterocycles. The molecular weight excluding hydrogens is 336 g/mol. The second-order valence-electron chi connectivity index (χ2n) is 3.94. The monoisotopic (exact) mass is 347 g/mol. The second-order valence-corrected chi connectivity index (χ2v) is 7.88. The van der Waals surface area contributed by atoms with Crippen molar-refractivity contribution < 1.29 is 17.0 Å². The third kappa shape index (κ3) is 4.39. The zero-order valence-electron chi connectivity index (χ0n) is 10.1. The van der Waals surface area contributed by atoms with E-state index >= 15 is 0 Å². The van der Waals surface area contributed by atoms with E-state index < -0.39 is 42.6 Å². The zero-order valence-corrected chi connectivity index (χ0v) is 13.3. The highest BCUT2D eigenvalue weighted by Gasteiger charge is 2.23. The molecule has 0 unspecified atom stereocenters. The molecule has 0 spiro atoms. The Balaban J connectivity index is 3.08. The Hall–Kier alpha value is -0.210. The van der Waals surface area contributed by atoms with E-state index in [1.54, 1.807) is 6.92 Å². The largest absolute Gasteiger partial charge is 0.260 e. The van der Waals surface area contributed by atoms with Gasteiger partial charge in [-0.3, -0.25) is 4.21 Å². The van der Waals surface area contributed by atoms with Crippen LogP contribution in [0.5, 0.6) is 0 Å². The maximum atomic E-state index is 13.5. The summed E-state index contributed by atoms with van der Waals surface area (Å²) in [5.74, 6) is -0.842. The van der Waals surface area contributed by atoms with Crippen LogP contribution in [-0.4, -0.2) is 30.7 Å². The first-order valence-electron chi connectivity index (χ1n) is 5.11. The number of hydrogen-bond donors (Lipinski definition) is 1. The van der Waals surface area contributed by atoms with E-state index in [0.717, 1.165) is 12.1 Å². The van der Waals surface area contributed by atoms with Crippen LogP contribution in [0.15, 0.2) is 17.0 Å². The standard InChI is InChI=1S/C10H12Cl2FNO3S2/c1-6(5-18(2)15)14-19(16,17)8-4-3-7(11)10(13)9(8)12/h3-4,6,14H,5H2,1-2H3/t6-,18+/m0/s1. The third-order valence-electron chi connectivity index (χ3n) is 2.13. The lowest BCUT2D eigenvalue weighted by Crippen LogP contribution is -2.36. The van der Waals surface area contributed by atoms with Crippen LogP contribution in [0.4, 0.5) is 4.39 Å². The van der Waals surface area contributed by atoms with Gasteiger partial charge in [-0.15, -0.1) is 0 Å². The maximum absolute atomic E-state index is 13.5. The minimum absolute atomic E-state index is 0.146. The van der Waals surface area contributed by atoms with Crippen LogP contribution in [0, 0.1) is 5.82 Å². The van der Waals surface area contributed by atoms with Gasteiger partial charge in [0.1, 0.15) is 4.90 Å². The van der Waals surface area contributed by atoms with Gasteiger partial charge in [0.05, 0.1) is 10.0 Å². The van der Waals surface area contributed by atoms with E-state index in [9.17, 15) is 17.0 Å². The van der Waals surface area contributed by atoms with Gasteiger partial charge in [0.15, 0.2) is 5.82 Å². The number of sulfonamides is 1.